The van der Waals surface area contributed by atoms with E-state index >= 15 is 0 Å². The second-order valence-electron chi connectivity index (χ2n) is 7.47. The molecule has 0 unspecified atom stereocenters. The van der Waals surface area contributed by atoms with Crippen LogP contribution in [0.3, 0.4) is 0 Å². The number of pyridine rings is 1. The van der Waals surface area contributed by atoms with Gasteiger partial charge in [0.05, 0.1) is 18.1 Å². The molecular formula is C21H26N4O4S. The lowest BCUT2D eigenvalue weighted by atomic mass is 10.1. The van der Waals surface area contributed by atoms with Crippen LogP contribution in [0.5, 0.6) is 0 Å². The van der Waals surface area contributed by atoms with E-state index in [-0.39, 0.29) is 10.8 Å². The van der Waals surface area contributed by atoms with Gasteiger partial charge in [0.2, 0.25) is 10.0 Å². The Morgan fingerprint density at radius 3 is 2.37 bits per heavy atom. The van der Waals surface area contributed by atoms with Crippen molar-refractivity contribution in [3.8, 4) is 0 Å². The van der Waals surface area contributed by atoms with Crippen LogP contribution in [0.2, 0.25) is 0 Å². The average Bonchev–Trinajstić information content (AvgIpc) is 2.80. The number of sulfonamides is 1. The van der Waals surface area contributed by atoms with Gasteiger partial charge in [-0.15, -0.1) is 0 Å². The van der Waals surface area contributed by atoms with Gasteiger partial charge in [0, 0.05) is 63.8 Å². The van der Waals surface area contributed by atoms with E-state index in [4.69, 9.17) is 4.74 Å². The number of hydrogen-bond donors (Lipinski definition) is 0. The van der Waals surface area contributed by atoms with Gasteiger partial charge >= 0.3 is 0 Å². The molecule has 1 amide bonds. The van der Waals surface area contributed by atoms with Crippen molar-refractivity contribution in [3.63, 3.8) is 0 Å². The lowest BCUT2D eigenvalue weighted by Gasteiger charge is -2.35. The van der Waals surface area contributed by atoms with Crippen molar-refractivity contribution in [3.05, 3.63) is 59.9 Å². The SMILES string of the molecule is O=C(c1cccc(S(=O)(=O)N2CCOCC2)c1)N1CCN(Cc2ccncc2)CC1. The van der Waals surface area contributed by atoms with Gasteiger partial charge < -0.3 is 9.64 Å². The van der Waals surface area contributed by atoms with Crippen LogP contribution < -0.4 is 0 Å². The molecule has 2 fully saturated rings. The van der Waals surface area contributed by atoms with Crippen LogP contribution in [0.4, 0.5) is 0 Å². The van der Waals surface area contributed by atoms with E-state index in [9.17, 15) is 13.2 Å². The van der Waals surface area contributed by atoms with Crippen LogP contribution in [-0.2, 0) is 21.3 Å². The highest BCUT2D eigenvalue weighted by atomic mass is 32.2. The van der Waals surface area contributed by atoms with Gasteiger partial charge in [0.25, 0.3) is 5.91 Å². The summed E-state index contributed by atoms with van der Waals surface area (Å²) in [6.45, 7) is 5.06. The molecule has 2 aromatic rings. The first-order chi connectivity index (χ1) is 14.5. The van der Waals surface area contributed by atoms with Crippen LogP contribution in [0.1, 0.15) is 15.9 Å². The van der Waals surface area contributed by atoms with Crippen molar-refractivity contribution in [2.45, 2.75) is 11.4 Å². The number of carbonyl (C=O) groups is 1. The smallest absolute Gasteiger partial charge is 0.253 e. The molecule has 9 heteroatoms. The Labute approximate surface area is 177 Å². The van der Waals surface area contributed by atoms with Crippen LogP contribution >= 0.6 is 0 Å². The molecule has 0 spiro atoms. The molecular weight excluding hydrogens is 404 g/mol. The van der Waals surface area contributed by atoms with Crippen LogP contribution in [0.25, 0.3) is 0 Å². The van der Waals surface area contributed by atoms with Crippen LogP contribution in [-0.4, -0.2) is 85.9 Å². The Kier molecular flexibility index (Phi) is 6.43. The van der Waals surface area contributed by atoms with Crippen molar-refractivity contribution in [1.82, 2.24) is 19.1 Å². The van der Waals surface area contributed by atoms with Gasteiger partial charge in [0.15, 0.2) is 0 Å². The zero-order valence-corrected chi connectivity index (χ0v) is 17.6. The Hall–Kier alpha value is -2.33. The second kappa shape index (κ2) is 9.22. The first kappa shape index (κ1) is 20.9. The highest BCUT2D eigenvalue weighted by Gasteiger charge is 2.28. The van der Waals surface area contributed by atoms with E-state index in [1.807, 2.05) is 12.1 Å². The quantitative estimate of drug-likeness (QED) is 0.706. The minimum absolute atomic E-state index is 0.127. The Morgan fingerprint density at radius 1 is 0.967 bits per heavy atom. The van der Waals surface area contributed by atoms with Crippen molar-refractivity contribution in [2.24, 2.45) is 0 Å². The summed E-state index contributed by atoms with van der Waals surface area (Å²) in [6.07, 6.45) is 3.57. The zero-order valence-electron chi connectivity index (χ0n) is 16.8. The molecule has 30 heavy (non-hydrogen) atoms. The first-order valence-corrected chi connectivity index (χ1v) is 11.6. The van der Waals surface area contributed by atoms with Crippen molar-refractivity contribution < 1.29 is 17.9 Å². The molecule has 2 saturated heterocycles. The highest BCUT2D eigenvalue weighted by Crippen LogP contribution is 2.20. The number of benzene rings is 1. The molecule has 0 radical (unpaired) electrons. The molecule has 2 aliphatic heterocycles. The van der Waals surface area contributed by atoms with E-state index in [1.54, 1.807) is 35.5 Å². The fourth-order valence-electron chi connectivity index (χ4n) is 3.76. The van der Waals surface area contributed by atoms with Gasteiger partial charge in [-0.1, -0.05) is 6.07 Å². The maximum absolute atomic E-state index is 13.0. The Bertz CT molecular complexity index is 970. The van der Waals surface area contributed by atoms with Gasteiger partial charge in [-0.3, -0.25) is 14.7 Å². The summed E-state index contributed by atoms with van der Waals surface area (Å²) in [6, 6.07) is 10.4. The summed E-state index contributed by atoms with van der Waals surface area (Å²) in [5.74, 6) is -0.127. The van der Waals surface area contributed by atoms with E-state index in [2.05, 4.69) is 9.88 Å². The monoisotopic (exact) mass is 430 g/mol. The van der Waals surface area contributed by atoms with E-state index in [0.29, 0.717) is 45.0 Å². The highest BCUT2D eigenvalue weighted by molar-refractivity contribution is 7.89. The zero-order chi connectivity index (χ0) is 21.0. The van der Waals surface area contributed by atoms with Crippen LogP contribution in [0.15, 0.2) is 53.7 Å². The number of amides is 1. The van der Waals surface area contributed by atoms with Gasteiger partial charge in [-0.05, 0) is 35.9 Å². The number of hydrogen-bond acceptors (Lipinski definition) is 6. The normalized spacial score (nSPS) is 19.0. The molecule has 0 saturated carbocycles. The molecule has 0 atom stereocenters. The van der Waals surface area contributed by atoms with Crippen molar-refractivity contribution >= 4 is 15.9 Å². The predicted octanol–water partition coefficient (Wildman–Crippen LogP) is 1.06. The number of aromatic nitrogens is 1. The summed E-state index contributed by atoms with van der Waals surface area (Å²) < 4.78 is 32.4. The number of piperazine rings is 1. The van der Waals surface area contributed by atoms with Gasteiger partial charge in [-0.2, -0.15) is 4.31 Å². The molecule has 1 aromatic carbocycles. The van der Waals surface area contributed by atoms with E-state index < -0.39 is 10.0 Å². The van der Waals surface area contributed by atoms with Crippen molar-refractivity contribution in [2.75, 3.05) is 52.5 Å². The summed E-state index contributed by atoms with van der Waals surface area (Å²) in [4.78, 5) is 21.3. The molecule has 0 N–H and O–H groups in total. The Balaban J connectivity index is 1.40. The third-order valence-electron chi connectivity index (χ3n) is 5.50. The molecule has 4 rings (SSSR count). The number of morpholine rings is 1. The van der Waals surface area contributed by atoms with E-state index in [1.165, 1.54) is 15.9 Å². The number of carbonyl (C=O) groups excluding carboxylic acids is 1. The number of rotatable bonds is 5. The minimum Gasteiger partial charge on any atom is -0.379 e. The van der Waals surface area contributed by atoms with Gasteiger partial charge in [-0.25, -0.2) is 8.42 Å². The predicted molar refractivity (Wildman–Crippen MR) is 111 cm³/mol. The standard InChI is InChI=1S/C21H26N4O4S/c26-21(24-10-8-23(9-11-24)17-18-4-6-22-7-5-18)19-2-1-3-20(16-19)30(27,28)25-12-14-29-15-13-25/h1-7,16H,8-15,17H2. The van der Waals surface area contributed by atoms with Crippen LogP contribution in [0, 0.1) is 0 Å². The summed E-state index contributed by atoms with van der Waals surface area (Å²) in [7, 11) is -3.62. The molecule has 1 aromatic heterocycles. The average molecular weight is 431 g/mol. The van der Waals surface area contributed by atoms with E-state index in [0.717, 1.165) is 19.6 Å². The van der Waals surface area contributed by atoms with Gasteiger partial charge in [0.1, 0.15) is 0 Å². The Morgan fingerprint density at radius 2 is 1.67 bits per heavy atom. The third-order valence-corrected chi connectivity index (χ3v) is 7.40. The molecule has 2 aliphatic rings. The topological polar surface area (TPSA) is 83.0 Å². The lowest BCUT2D eigenvalue weighted by Crippen LogP contribution is -2.48. The second-order valence-corrected chi connectivity index (χ2v) is 9.41. The summed E-state index contributed by atoms with van der Waals surface area (Å²) in [5.41, 5.74) is 1.61. The maximum Gasteiger partial charge on any atom is 0.253 e. The fourth-order valence-corrected chi connectivity index (χ4v) is 5.22. The number of ether oxygens (including phenoxy) is 1. The molecule has 8 nitrogen and oxygen atoms in total. The number of nitrogens with zero attached hydrogens (tertiary/aromatic N) is 4. The molecule has 3 heterocycles. The maximum atomic E-state index is 13.0. The molecule has 0 aliphatic carbocycles. The molecule has 160 valence electrons. The fraction of sp³-hybridized carbons (Fsp3) is 0.429. The lowest BCUT2D eigenvalue weighted by molar-refractivity contribution is 0.0628. The summed E-state index contributed by atoms with van der Waals surface area (Å²) >= 11 is 0. The summed E-state index contributed by atoms with van der Waals surface area (Å²) in [5, 5.41) is 0. The largest absolute Gasteiger partial charge is 0.379 e. The molecule has 0 bridgehead atoms. The van der Waals surface area contributed by atoms with Crippen molar-refractivity contribution in [1.29, 1.82) is 0 Å². The third kappa shape index (κ3) is 4.70. The first-order valence-electron chi connectivity index (χ1n) is 10.1. The minimum atomic E-state index is -3.62.